The number of rotatable bonds is 16. The molecule has 10 atom stereocenters. The molecule has 0 aliphatic carbocycles. The summed E-state index contributed by atoms with van der Waals surface area (Å²) in [5.41, 5.74) is -0.820. The van der Waals surface area contributed by atoms with Crippen LogP contribution >= 0.6 is 0 Å². The van der Waals surface area contributed by atoms with Gasteiger partial charge in [0.2, 0.25) is 0 Å². The van der Waals surface area contributed by atoms with Crippen molar-refractivity contribution >= 4 is 23.9 Å². The number of aliphatic hydroxyl groups excluding tert-OH is 3. The van der Waals surface area contributed by atoms with Crippen molar-refractivity contribution in [2.45, 2.75) is 141 Å². The van der Waals surface area contributed by atoms with Crippen molar-refractivity contribution in [3.05, 3.63) is 0 Å². The Labute approximate surface area is 294 Å². The molecule has 6 N–H and O–H groups in total. The molecule has 0 bridgehead atoms. The highest BCUT2D eigenvalue weighted by Crippen LogP contribution is 2.38. The van der Waals surface area contributed by atoms with Gasteiger partial charge in [-0.15, -0.1) is 0 Å². The number of alkyl carbamates (subject to hydrolysis) is 2. The van der Waals surface area contributed by atoms with E-state index in [0.717, 1.165) is 0 Å². The minimum absolute atomic E-state index is 0.165. The maximum absolute atomic E-state index is 12.5. The molecule has 17 nitrogen and oxygen atoms in total. The Balaban J connectivity index is 2.09. The monoisotopic (exact) mass is 721 g/mol. The summed E-state index contributed by atoms with van der Waals surface area (Å²) in [5, 5.41) is 48.7. The molecule has 0 aromatic rings. The van der Waals surface area contributed by atoms with Gasteiger partial charge in [-0.05, 0) is 59.3 Å². The number of aliphatic imine (C=N–C) groups is 1. The molecule has 290 valence electrons. The summed E-state index contributed by atoms with van der Waals surface area (Å²) in [5.74, 6) is -1.44. The van der Waals surface area contributed by atoms with Crippen LogP contribution in [0.3, 0.4) is 0 Å². The predicted molar refractivity (Wildman–Crippen MR) is 179 cm³/mol. The number of nitrogens with one attached hydrogen (secondary N) is 2. The van der Waals surface area contributed by atoms with Crippen LogP contribution in [0.15, 0.2) is 4.99 Å². The Morgan fingerprint density at radius 2 is 1.40 bits per heavy atom. The maximum Gasteiger partial charge on any atom is 0.407 e. The number of carbonyl (C=O) groups is 3. The smallest absolute Gasteiger partial charge is 0.407 e. The molecule has 17 heteroatoms. The minimum atomic E-state index is -1.75. The van der Waals surface area contributed by atoms with E-state index in [4.69, 9.17) is 33.2 Å². The zero-order valence-corrected chi connectivity index (χ0v) is 30.7. The van der Waals surface area contributed by atoms with Crippen LogP contribution in [0.4, 0.5) is 9.59 Å². The first-order valence-corrected chi connectivity index (χ1v) is 17.0. The lowest BCUT2D eigenvalue weighted by atomic mass is 9.78. The van der Waals surface area contributed by atoms with Crippen molar-refractivity contribution in [2.75, 3.05) is 40.0 Å². The van der Waals surface area contributed by atoms with Crippen LogP contribution < -0.4 is 10.6 Å². The number of unbranched alkanes of at least 4 members (excludes halogenated alkanes) is 2. The number of hydrogen-bond acceptors (Lipinski definition) is 14. The van der Waals surface area contributed by atoms with Crippen molar-refractivity contribution in [2.24, 2.45) is 10.4 Å². The normalized spacial score (nSPS) is 30.2. The second-order valence-electron chi connectivity index (χ2n) is 14.7. The van der Waals surface area contributed by atoms with E-state index in [1.807, 2.05) is 20.8 Å². The van der Waals surface area contributed by atoms with Crippen molar-refractivity contribution in [3.63, 3.8) is 0 Å². The number of ether oxygens (including phenoxy) is 7. The number of nitrogens with zero attached hydrogens (tertiary/aromatic N) is 1. The van der Waals surface area contributed by atoms with Crippen LogP contribution in [-0.2, 0) is 38.0 Å². The minimum Gasteiger partial charge on any atom is -0.479 e. The quantitative estimate of drug-likeness (QED) is 0.0977. The van der Waals surface area contributed by atoms with Crippen LogP contribution in [0.1, 0.15) is 74.7 Å². The lowest BCUT2D eigenvalue weighted by Gasteiger charge is -2.50. The van der Waals surface area contributed by atoms with E-state index in [1.165, 1.54) is 7.11 Å². The number of carbonyl (C=O) groups excluding carboxylic acids is 2. The predicted octanol–water partition coefficient (Wildman–Crippen LogP) is 1.38. The standard InChI is InChI=1S/C33H59N3O14/c1-18(2)36-20-24(48-29-23(39)22(38)25(50-33(6,7)8)26(49-29)28(40)41)21(37)19(47-27(20)32(3,4)5)17-46-31(43)35-14-12-10-11-13-34-30(42)45-16-15-44-9/h19-27,29,37-39H,10-17H2,1-9H3,(H,34,42)(H,35,43)(H,40,41). The van der Waals surface area contributed by atoms with Crippen molar-refractivity contribution in [1.29, 1.82) is 0 Å². The first-order chi connectivity index (χ1) is 23.3. The van der Waals surface area contributed by atoms with Gasteiger partial charge < -0.3 is 64.2 Å². The zero-order chi connectivity index (χ0) is 37.8. The molecule has 2 amide bonds. The fourth-order valence-electron chi connectivity index (χ4n) is 5.52. The van der Waals surface area contributed by atoms with E-state index < -0.39 is 90.3 Å². The molecule has 0 saturated carbocycles. The van der Waals surface area contributed by atoms with E-state index >= 15 is 0 Å². The highest BCUT2D eigenvalue weighted by atomic mass is 16.7. The largest absolute Gasteiger partial charge is 0.479 e. The van der Waals surface area contributed by atoms with Crippen molar-refractivity contribution in [3.8, 4) is 0 Å². The van der Waals surface area contributed by atoms with Gasteiger partial charge in [0.05, 0.1) is 18.3 Å². The number of methoxy groups -OCH3 is 1. The molecular formula is C33H59N3O14. The Morgan fingerprint density at radius 1 is 0.800 bits per heavy atom. The third-order valence-corrected chi connectivity index (χ3v) is 7.81. The van der Waals surface area contributed by atoms with E-state index in [2.05, 4.69) is 15.6 Å². The summed E-state index contributed by atoms with van der Waals surface area (Å²) < 4.78 is 39.0. The topological polar surface area (TPSA) is 233 Å². The van der Waals surface area contributed by atoms with Gasteiger partial charge in [-0.25, -0.2) is 14.4 Å². The SMILES string of the molecule is COCCOC(=O)NCCCCCNC(=O)OCC1OC(C(C)(C)C)C(N=C(C)C)C(OC2OC(C(=O)O)C(OC(C)(C)C)C(O)C2O)C1O. The van der Waals surface area contributed by atoms with E-state index in [1.54, 1.807) is 34.6 Å². The maximum atomic E-state index is 12.5. The molecule has 10 unspecified atom stereocenters. The van der Waals surface area contributed by atoms with Gasteiger partial charge >= 0.3 is 18.2 Å². The molecule has 0 radical (unpaired) electrons. The van der Waals surface area contributed by atoms with Gasteiger partial charge in [0.25, 0.3) is 0 Å². The van der Waals surface area contributed by atoms with Gasteiger partial charge in [-0.2, -0.15) is 0 Å². The Kier molecular flexibility index (Phi) is 17.3. The summed E-state index contributed by atoms with van der Waals surface area (Å²) in [6.07, 6.45) is -12.1. The molecule has 0 aromatic heterocycles. The van der Waals surface area contributed by atoms with Crippen LogP contribution in [-0.4, -0.2) is 151 Å². The van der Waals surface area contributed by atoms with E-state index in [-0.39, 0.29) is 13.2 Å². The van der Waals surface area contributed by atoms with Crippen LogP contribution in [0.2, 0.25) is 0 Å². The highest BCUT2D eigenvalue weighted by Gasteiger charge is 2.55. The summed E-state index contributed by atoms with van der Waals surface area (Å²) in [6, 6.07) is -0.860. The molecule has 2 aliphatic heterocycles. The van der Waals surface area contributed by atoms with E-state index in [9.17, 15) is 34.8 Å². The third-order valence-electron chi connectivity index (χ3n) is 7.81. The molecule has 2 aliphatic rings. The Bertz CT molecular complexity index is 1110. The number of amides is 2. The molecule has 2 heterocycles. The molecule has 0 aromatic carbocycles. The zero-order valence-electron chi connectivity index (χ0n) is 30.7. The fraction of sp³-hybridized carbons (Fsp3) is 0.879. The first-order valence-electron chi connectivity index (χ1n) is 17.0. The summed E-state index contributed by atoms with van der Waals surface area (Å²) in [6.45, 7) is 15.0. The summed E-state index contributed by atoms with van der Waals surface area (Å²) >= 11 is 0. The van der Waals surface area contributed by atoms with Crippen LogP contribution in [0.5, 0.6) is 0 Å². The summed E-state index contributed by atoms with van der Waals surface area (Å²) in [4.78, 5) is 40.9. The van der Waals surface area contributed by atoms with Gasteiger partial charge in [-0.3, -0.25) is 4.99 Å². The van der Waals surface area contributed by atoms with Gasteiger partial charge in [-0.1, -0.05) is 20.8 Å². The van der Waals surface area contributed by atoms with Crippen LogP contribution in [0.25, 0.3) is 0 Å². The first kappa shape index (κ1) is 43.5. The number of aliphatic hydroxyl groups is 3. The molecule has 2 saturated heterocycles. The van der Waals surface area contributed by atoms with E-state index in [0.29, 0.717) is 44.7 Å². The number of hydrogen-bond donors (Lipinski definition) is 6. The highest BCUT2D eigenvalue weighted by molar-refractivity contribution is 5.79. The third kappa shape index (κ3) is 13.8. The summed E-state index contributed by atoms with van der Waals surface area (Å²) in [7, 11) is 1.51. The van der Waals surface area contributed by atoms with Gasteiger partial charge in [0.1, 0.15) is 55.9 Å². The number of aliphatic carboxylic acids is 1. The molecule has 2 rings (SSSR count). The van der Waals surface area contributed by atoms with Crippen LogP contribution in [0, 0.1) is 5.41 Å². The molecule has 2 fully saturated rings. The molecule has 50 heavy (non-hydrogen) atoms. The van der Waals surface area contributed by atoms with Crippen molar-refractivity contribution < 1.29 is 68.0 Å². The fourth-order valence-corrected chi connectivity index (χ4v) is 5.52. The number of carboxylic acids is 1. The lowest BCUT2D eigenvalue weighted by Crippen LogP contribution is -2.66. The second kappa shape index (κ2) is 19.8. The van der Waals surface area contributed by atoms with Crippen molar-refractivity contribution in [1.82, 2.24) is 10.6 Å². The average Bonchev–Trinajstić information content (AvgIpc) is 2.99. The Hall–Kier alpha value is -2.64. The average molecular weight is 722 g/mol. The molecule has 0 spiro atoms. The Morgan fingerprint density at radius 3 is 1.92 bits per heavy atom. The number of carboxylic acid groups (broad SMARTS) is 1. The molecular weight excluding hydrogens is 662 g/mol. The second-order valence-corrected chi connectivity index (χ2v) is 14.7. The van der Waals surface area contributed by atoms with Gasteiger partial charge in [0.15, 0.2) is 12.4 Å². The lowest BCUT2D eigenvalue weighted by molar-refractivity contribution is -0.337. The van der Waals surface area contributed by atoms with Gasteiger partial charge in [0, 0.05) is 25.9 Å².